The maximum atomic E-state index is 11.8. The number of carbonyl (C=O) groups is 2. The van der Waals surface area contributed by atoms with E-state index in [0.29, 0.717) is 11.3 Å². The third kappa shape index (κ3) is 3.67. The Bertz CT molecular complexity index is 410. The number of rotatable bonds is 4. The van der Waals surface area contributed by atoms with Crippen LogP contribution >= 0.6 is 0 Å². The van der Waals surface area contributed by atoms with Gasteiger partial charge in [-0.15, -0.1) is 0 Å². The molecule has 0 spiro atoms. The van der Waals surface area contributed by atoms with E-state index in [9.17, 15) is 9.59 Å². The van der Waals surface area contributed by atoms with Crippen molar-refractivity contribution in [2.24, 2.45) is 0 Å². The smallest absolute Gasteiger partial charge is 0.282 e. The number of ketones is 1. The fourth-order valence-corrected chi connectivity index (χ4v) is 1.30. The number of quaternary nitrogens is 1. The molecule has 0 bridgehead atoms. The third-order valence-electron chi connectivity index (χ3n) is 2.82. The number of likely N-dealkylation sites (N-methyl/N-ethyl adjacent to an activating group) is 1. The molecular weight excluding hydrogens is 216 g/mol. The Hall–Kier alpha value is -1.68. The molecule has 0 saturated heterocycles. The van der Waals surface area contributed by atoms with Crippen molar-refractivity contribution in [1.82, 2.24) is 0 Å². The second kappa shape index (κ2) is 5.59. The Balaban J connectivity index is 2.70. The van der Waals surface area contributed by atoms with Crippen LogP contribution in [0.3, 0.4) is 0 Å². The Kier molecular flexibility index (Phi) is 4.40. The number of nitrogens with one attached hydrogen (secondary N) is 2. The van der Waals surface area contributed by atoms with Crippen molar-refractivity contribution in [3.05, 3.63) is 29.8 Å². The van der Waals surface area contributed by atoms with E-state index >= 15 is 0 Å². The van der Waals surface area contributed by atoms with Crippen LogP contribution in [0.4, 0.5) is 5.69 Å². The van der Waals surface area contributed by atoms with Crippen LogP contribution in [0.2, 0.25) is 0 Å². The van der Waals surface area contributed by atoms with Gasteiger partial charge >= 0.3 is 0 Å². The zero-order chi connectivity index (χ0) is 13.0. The average Bonchev–Trinajstić information content (AvgIpc) is 2.28. The summed E-state index contributed by atoms with van der Waals surface area (Å²) in [6.45, 7) is 3.39. The molecule has 92 valence electrons. The van der Waals surface area contributed by atoms with E-state index in [2.05, 4.69) is 5.32 Å². The molecule has 1 aromatic rings. The van der Waals surface area contributed by atoms with Crippen molar-refractivity contribution in [3.8, 4) is 0 Å². The predicted molar refractivity (Wildman–Crippen MR) is 67.3 cm³/mol. The van der Waals surface area contributed by atoms with Crippen LogP contribution in [0, 0.1) is 0 Å². The summed E-state index contributed by atoms with van der Waals surface area (Å²) in [6.07, 6.45) is 0. The summed E-state index contributed by atoms with van der Waals surface area (Å²) in [6, 6.07) is 6.80. The minimum atomic E-state index is -0.109. The maximum absolute atomic E-state index is 11.8. The topological polar surface area (TPSA) is 50.6 Å². The molecule has 0 unspecified atom stereocenters. The molecule has 1 atom stereocenters. The third-order valence-corrected chi connectivity index (χ3v) is 2.82. The standard InChI is InChI=1S/C13H18N2O2/c1-9(15(3)4)13(17)14-12-7-5-11(6-8-12)10(2)16/h5-9H,1-4H3,(H,14,17)/p+1/t9-/m0/s1. The van der Waals surface area contributed by atoms with Gasteiger partial charge in [0.1, 0.15) is 0 Å². The van der Waals surface area contributed by atoms with Crippen molar-refractivity contribution in [1.29, 1.82) is 0 Å². The number of hydrogen-bond donors (Lipinski definition) is 2. The van der Waals surface area contributed by atoms with Gasteiger partial charge in [-0.05, 0) is 38.1 Å². The second-order valence-electron chi connectivity index (χ2n) is 4.42. The number of anilines is 1. The summed E-state index contributed by atoms with van der Waals surface area (Å²) < 4.78 is 0. The normalized spacial score (nSPS) is 12.3. The van der Waals surface area contributed by atoms with Crippen molar-refractivity contribution in [2.45, 2.75) is 19.9 Å². The lowest BCUT2D eigenvalue weighted by Crippen LogP contribution is -3.11. The number of amides is 1. The van der Waals surface area contributed by atoms with Gasteiger partial charge in [-0.25, -0.2) is 0 Å². The van der Waals surface area contributed by atoms with Crippen molar-refractivity contribution in [3.63, 3.8) is 0 Å². The quantitative estimate of drug-likeness (QED) is 0.740. The molecule has 0 radical (unpaired) electrons. The molecule has 0 aliphatic heterocycles. The molecule has 1 aromatic carbocycles. The number of carbonyl (C=O) groups excluding carboxylic acids is 2. The lowest BCUT2D eigenvalue weighted by atomic mass is 10.1. The molecule has 0 aliphatic carbocycles. The Morgan fingerprint density at radius 1 is 1.18 bits per heavy atom. The molecule has 0 fully saturated rings. The van der Waals surface area contributed by atoms with Crippen molar-refractivity contribution >= 4 is 17.4 Å². The molecule has 1 rings (SSSR count). The summed E-state index contributed by atoms with van der Waals surface area (Å²) in [5.41, 5.74) is 1.36. The van der Waals surface area contributed by atoms with Crippen molar-refractivity contribution < 1.29 is 14.5 Å². The van der Waals surface area contributed by atoms with E-state index in [0.717, 1.165) is 4.90 Å². The first kappa shape index (κ1) is 13.4. The van der Waals surface area contributed by atoms with E-state index in [1.54, 1.807) is 24.3 Å². The van der Waals surface area contributed by atoms with Gasteiger partial charge < -0.3 is 10.2 Å². The van der Waals surface area contributed by atoms with Crippen molar-refractivity contribution in [2.75, 3.05) is 19.4 Å². The number of hydrogen-bond acceptors (Lipinski definition) is 2. The minimum Gasteiger partial charge on any atom is -0.330 e. The monoisotopic (exact) mass is 235 g/mol. The van der Waals surface area contributed by atoms with E-state index in [4.69, 9.17) is 0 Å². The Labute approximate surface area is 102 Å². The summed E-state index contributed by atoms with van der Waals surface area (Å²) >= 11 is 0. The SMILES string of the molecule is CC(=O)c1ccc(NC(=O)[C@H](C)[NH+](C)C)cc1. The summed E-state index contributed by atoms with van der Waals surface area (Å²) in [5, 5.41) is 2.82. The first-order valence-electron chi connectivity index (χ1n) is 5.63. The van der Waals surface area contributed by atoms with Crippen LogP contribution < -0.4 is 10.2 Å². The molecular formula is C13H19N2O2+. The molecule has 0 heterocycles. The lowest BCUT2D eigenvalue weighted by molar-refractivity contribution is -0.873. The molecule has 4 nitrogen and oxygen atoms in total. The highest BCUT2D eigenvalue weighted by molar-refractivity contribution is 5.96. The fraction of sp³-hybridized carbons (Fsp3) is 0.385. The van der Waals surface area contributed by atoms with Gasteiger partial charge in [0.2, 0.25) is 0 Å². The molecule has 0 aromatic heterocycles. The first-order chi connectivity index (χ1) is 7.91. The van der Waals surface area contributed by atoms with Gasteiger partial charge in [0.15, 0.2) is 11.8 Å². The van der Waals surface area contributed by atoms with Gasteiger partial charge in [-0.1, -0.05) is 0 Å². The fourth-order valence-electron chi connectivity index (χ4n) is 1.30. The van der Waals surface area contributed by atoms with Crippen LogP contribution in [0.15, 0.2) is 24.3 Å². The van der Waals surface area contributed by atoms with E-state index in [1.165, 1.54) is 6.92 Å². The first-order valence-corrected chi connectivity index (χ1v) is 5.63. The highest BCUT2D eigenvalue weighted by Crippen LogP contribution is 2.10. The highest BCUT2D eigenvalue weighted by Gasteiger charge is 2.18. The second-order valence-corrected chi connectivity index (χ2v) is 4.42. The lowest BCUT2D eigenvalue weighted by Gasteiger charge is -2.16. The Morgan fingerprint density at radius 3 is 2.12 bits per heavy atom. The van der Waals surface area contributed by atoms with Crippen LogP contribution in [-0.2, 0) is 4.79 Å². The molecule has 4 heteroatoms. The molecule has 0 aliphatic rings. The number of Topliss-reactive ketones (excluding diaryl/α,β-unsaturated/α-hetero) is 1. The van der Waals surface area contributed by atoms with Gasteiger partial charge in [-0.3, -0.25) is 9.59 Å². The van der Waals surface area contributed by atoms with Crippen LogP contribution in [-0.4, -0.2) is 31.8 Å². The molecule has 0 saturated carbocycles. The highest BCUT2D eigenvalue weighted by atomic mass is 16.2. The summed E-state index contributed by atoms with van der Waals surface area (Å²) in [4.78, 5) is 23.9. The minimum absolute atomic E-state index is 0.0222. The maximum Gasteiger partial charge on any atom is 0.282 e. The predicted octanol–water partition coefficient (Wildman–Crippen LogP) is 0.361. The average molecular weight is 235 g/mol. The molecule has 1 amide bonds. The largest absolute Gasteiger partial charge is 0.330 e. The van der Waals surface area contributed by atoms with E-state index < -0.39 is 0 Å². The zero-order valence-corrected chi connectivity index (χ0v) is 10.7. The summed E-state index contributed by atoms with van der Waals surface area (Å²) in [5.74, 6) is -0.00504. The zero-order valence-electron chi connectivity index (χ0n) is 10.7. The summed E-state index contributed by atoms with van der Waals surface area (Å²) in [7, 11) is 3.87. The van der Waals surface area contributed by atoms with E-state index in [1.807, 2.05) is 21.0 Å². The molecule has 17 heavy (non-hydrogen) atoms. The number of benzene rings is 1. The van der Waals surface area contributed by atoms with E-state index in [-0.39, 0.29) is 17.7 Å². The van der Waals surface area contributed by atoms with Crippen LogP contribution in [0.1, 0.15) is 24.2 Å². The van der Waals surface area contributed by atoms with Gasteiger partial charge in [0.25, 0.3) is 5.91 Å². The van der Waals surface area contributed by atoms with Gasteiger partial charge in [0, 0.05) is 11.3 Å². The van der Waals surface area contributed by atoms with Crippen LogP contribution in [0.25, 0.3) is 0 Å². The van der Waals surface area contributed by atoms with Crippen LogP contribution in [0.5, 0.6) is 0 Å². The molecule has 2 N–H and O–H groups in total. The van der Waals surface area contributed by atoms with Gasteiger partial charge in [-0.2, -0.15) is 0 Å². The van der Waals surface area contributed by atoms with Gasteiger partial charge in [0.05, 0.1) is 14.1 Å². The Morgan fingerprint density at radius 2 is 1.71 bits per heavy atom.